The van der Waals surface area contributed by atoms with Crippen molar-refractivity contribution in [3.63, 3.8) is 0 Å². The number of likely N-dealkylation sites (N-methyl/N-ethyl adjacent to an activating group) is 1. The second-order valence-electron chi connectivity index (χ2n) is 9.60. The highest BCUT2D eigenvalue weighted by molar-refractivity contribution is 6.01. The van der Waals surface area contributed by atoms with Crippen LogP contribution < -0.4 is 5.32 Å². The van der Waals surface area contributed by atoms with Crippen molar-refractivity contribution in [2.75, 3.05) is 99.2 Å². The minimum absolute atomic E-state index is 0.0974. The summed E-state index contributed by atoms with van der Waals surface area (Å²) < 4.78 is 22.4. The monoisotopic (exact) mass is 594 g/mol. The average Bonchev–Trinajstić information content (AvgIpc) is 2.87. The number of Topliss-reactive ketones (excluding diaryl/α,β-unsaturated/α-hetero) is 1. The third-order valence-electron chi connectivity index (χ3n) is 6.15. The van der Waals surface area contributed by atoms with Crippen LogP contribution in [0, 0.1) is 5.92 Å². The molecule has 41 heavy (non-hydrogen) atoms. The van der Waals surface area contributed by atoms with E-state index in [1.165, 1.54) is 0 Å². The van der Waals surface area contributed by atoms with Gasteiger partial charge in [0.25, 0.3) is 0 Å². The Kier molecular flexibility index (Phi) is 16.6. The molecule has 1 aliphatic heterocycles. The Hall–Kier alpha value is -3.22. The smallest absolute Gasteiger partial charge is 0.338 e. The highest BCUT2D eigenvalue weighted by atomic mass is 16.5. The lowest BCUT2D eigenvalue weighted by Gasteiger charge is -2.34. The molecular formula is C24H40N3O14+. The molecule has 0 aromatic heterocycles. The largest absolute Gasteiger partial charge is 0.481 e. The van der Waals surface area contributed by atoms with E-state index in [2.05, 4.69) is 0 Å². The quantitative estimate of drug-likeness (QED) is 0.120. The zero-order chi connectivity index (χ0) is 30.8. The number of amides is 1. The fourth-order valence-corrected chi connectivity index (χ4v) is 3.78. The maximum Gasteiger partial charge on any atom is 0.338 e. The molecule has 0 unspecified atom stereocenters. The van der Waals surface area contributed by atoms with E-state index in [-0.39, 0.29) is 83.5 Å². The van der Waals surface area contributed by atoms with E-state index in [0.717, 1.165) is 0 Å². The van der Waals surface area contributed by atoms with Gasteiger partial charge in [-0.2, -0.15) is 0 Å². The molecule has 17 nitrogen and oxygen atoms in total. The SMILES string of the molecule is C[N+]1(CC(=O)CC(C(=O)O)C(=O)O)CCOCCOCCN(CC(=O)NC(C(=O)O)C(=O)O)CCOCCOCC1. The Bertz CT molecular complexity index is 851. The molecule has 1 fully saturated rings. The van der Waals surface area contributed by atoms with Crippen molar-refractivity contribution in [2.24, 2.45) is 5.92 Å². The summed E-state index contributed by atoms with van der Waals surface area (Å²) in [6.45, 7) is 2.60. The molecule has 0 aromatic rings. The van der Waals surface area contributed by atoms with E-state index < -0.39 is 53.9 Å². The zero-order valence-corrected chi connectivity index (χ0v) is 23.0. The average molecular weight is 595 g/mol. The van der Waals surface area contributed by atoms with Crippen LogP contribution in [-0.4, -0.2) is 171 Å². The molecule has 234 valence electrons. The number of carboxylic acids is 4. The van der Waals surface area contributed by atoms with Crippen molar-refractivity contribution in [3.05, 3.63) is 0 Å². The number of aliphatic carboxylic acids is 4. The van der Waals surface area contributed by atoms with Crippen LogP contribution >= 0.6 is 0 Å². The predicted octanol–water partition coefficient (Wildman–Crippen LogP) is -2.79. The summed E-state index contributed by atoms with van der Waals surface area (Å²) >= 11 is 0. The molecule has 1 saturated heterocycles. The number of ketones is 1. The van der Waals surface area contributed by atoms with Crippen LogP contribution in [0.25, 0.3) is 0 Å². The van der Waals surface area contributed by atoms with Crippen LogP contribution in [0.1, 0.15) is 6.42 Å². The number of hydrogen-bond donors (Lipinski definition) is 5. The maximum absolute atomic E-state index is 12.5. The van der Waals surface area contributed by atoms with Gasteiger partial charge in [0.15, 0.2) is 11.7 Å². The van der Waals surface area contributed by atoms with Crippen molar-refractivity contribution < 1.29 is 72.6 Å². The summed E-state index contributed by atoms with van der Waals surface area (Å²) in [5.74, 6) is -9.62. The van der Waals surface area contributed by atoms with Gasteiger partial charge in [-0.3, -0.25) is 24.1 Å². The minimum Gasteiger partial charge on any atom is -0.481 e. The zero-order valence-electron chi connectivity index (χ0n) is 23.0. The molecule has 1 rings (SSSR count). The molecule has 0 aliphatic carbocycles. The van der Waals surface area contributed by atoms with Gasteiger partial charge >= 0.3 is 23.9 Å². The van der Waals surface area contributed by atoms with Crippen molar-refractivity contribution in [3.8, 4) is 0 Å². The molecule has 5 N–H and O–H groups in total. The molecule has 1 amide bonds. The number of carbonyl (C=O) groups is 6. The summed E-state index contributed by atoms with van der Waals surface area (Å²) in [6, 6.07) is -2.06. The van der Waals surface area contributed by atoms with Gasteiger partial charge in [-0.1, -0.05) is 0 Å². The van der Waals surface area contributed by atoms with E-state index in [4.69, 9.17) is 39.4 Å². The summed E-state index contributed by atoms with van der Waals surface area (Å²) in [6.07, 6.45) is -0.625. The number of carboxylic acid groups (broad SMARTS) is 4. The molecular weight excluding hydrogens is 554 g/mol. The number of quaternary nitrogens is 1. The molecule has 0 bridgehead atoms. The molecule has 0 spiro atoms. The van der Waals surface area contributed by atoms with Crippen molar-refractivity contribution >= 4 is 35.6 Å². The summed E-state index contributed by atoms with van der Waals surface area (Å²) in [5.41, 5.74) is 0. The van der Waals surface area contributed by atoms with Crippen molar-refractivity contribution in [1.29, 1.82) is 0 Å². The molecule has 1 aliphatic rings. The fourth-order valence-electron chi connectivity index (χ4n) is 3.78. The second kappa shape index (κ2) is 19.0. The predicted molar refractivity (Wildman–Crippen MR) is 136 cm³/mol. The Morgan fingerprint density at radius 3 is 1.56 bits per heavy atom. The molecule has 0 aromatic carbocycles. The number of carbonyl (C=O) groups excluding carboxylic acids is 2. The van der Waals surface area contributed by atoms with E-state index in [1.54, 1.807) is 11.9 Å². The van der Waals surface area contributed by atoms with Crippen molar-refractivity contribution in [1.82, 2.24) is 10.2 Å². The summed E-state index contributed by atoms with van der Waals surface area (Å²) in [4.78, 5) is 70.7. The van der Waals surface area contributed by atoms with Crippen LogP contribution in [0.3, 0.4) is 0 Å². The highest BCUT2D eigenvalue weighted by Gasteiger charge is 2.33. The van der Waals surface area contributed by atoms with Gasteiger partial charge in [0, 0.05) is 19.5 Å². The number of hydrogen-bond acceptors (Lipinski definition) is 11. The fraction of sp³-hybridized carbons (Fsp3) is 0.750. The van der Waals surface area contributed by atoms with Crippen LogP contribution in [0.15, 0.2) is 0 Å². The third kappa shape index (κ3) is 15.4. The topological polar surface area (TPSA) is 236 Å². The first-order chi connectivity index (χ1) is 19.3. The van der Waals surface area contributed by atoms with Gasteiger partial charge in [0.05, 0.1) is 66.4 Å². The van der Waals surface area contributed by atoms with Crippen LogP contribution in [0.4, 0.5) is 0 Å². The van der Waals surface area contributed by atoms with Gasteiger partial charge in [-0.15, -0.1) is 0 Å². The number of ether oxygens (including phenoxy) is 4. The Morgan fingerprint density at radius 2 is 1.15 bits per heavy atom. The number of nitrogens with one attached hydrogen (secondary N) is 1. The molecule has 0 atom stereocenters. The lowest BCUT2D eigenvalue weighted by molar-refractivity contribution is -0.902. The van der Waals surface area contributed by atoms with Crippen LogP contribution in [0.5, 0.6) is 0 Å². The summed E-state index contributed by atoms with van der Waals surface area (Å²) in [5, 5.41) is 38.0. The standard InChI is InChI=1S/C24H39N3O14/c1-27(16-17(28)14-18(21(30)31)22(32)33)4-8-40-12-10-38-6-2-26(3-7-39-11-13-41-9-5-27)15-19(29)25-20(23(34)35)24(36)37/h18,20H,2-16H2,1H3,(H4-,25,29,30,31,32,33,34,35,36,37)/p+1. The molecule has 0 saturated carbocycles. The summed E-state index contributed by atoms with van der Waals surface area (Å²) in [7, 11) is 1.77. The van der Waals surface area contributed by atoms with E-state index in [9.17, 15) is 28.8 Å². The molecule has 17 heteroatoms. The van der Waals surface area contributed by atoms with Gasteiger partial charge in [0.1, 0.15) is 19.6 Å². The maximum atomic E-state index is 12.5. The van der Waals surface area contributed by atoms with Gasteiger partial charge < -0.3 is 49.2 Å². The first-order valence-electron chi connectivity index (χ1n) is 12.9. The van der Waals surface area contributed by atoms with E-state index in [0.29, 0.717) is 13.1 Å². The molecule has 1 heterocycles. The Morgan fingerprint density at radius 1 is 0.707 bits per heavy atom. The van der Waals surface area contributed by atoms with Crippen LogP contribution in [-0.2, 0) is 47.7 Å². The lowest BCUT2D eigenvalue weighted by atomic mass is 10.0. The normalized spacial score (nSPS) is 18.6. The number of rotatable bonds is 11. The first-order valence-corrected chi connectivity index (χ1v) is 12.9. The lowest BCUT2D eigenvalue weighted by Crippen LogP contribution is -2.52. The van der Waals surface area contributed by atoms with Gasteiger partial charge in [-0.25, -0.2) is 9.59 Å². The first kappa shape index (κ1) is 35.8. The minimum atomic E-state index is -2.06. The number of nitrogens with zero attached hydrogens (tertiary/aromatic N) is 2. The van der Waals surface area contributed by atoms with Crippen LogP contribution in [0.2, 0.25) is 0 Å². The Balaban J connectivity index is 2.65. The molecule has 0 radical (unpaired) electrons. The Labute approximate surface area is 236 Å². The third-order valence-corrected chi connectivity index (χ3v) is 6.15. The second-order valence-corrected chi connectivity index (χ2v) is 9.60. The van der Waals surface area contributed by atoms with Gasteiger partial charge in [0.2, 0.25) is 11.9 Å². The van der Waals surface area contributed by atoms with Crippen molar-refractivity contribution in [2.45, 2.75) is 12.5 Å². The van der Waals surface area contributed by atoms with E-state index >= 15 is 0 Å². The van der Waals surface area contributed by atoms with E-state index in [1.807, 2.05) is 5.32 Å². The van der Waals surface area contributed by atoms with Gasteiger partial charge in [-0.05, 0) is 0 Å². The highest BCUT2D eigenvalue weighted by Crippen LogP contribution is 2.10.